The minimum atomic E-state index is -2.91. The van der Waals surface area contributed by atoms with Crippen molar-refractivity contribution in [3.05, 3.63) is 41.6 Å². The van der Waals surface area contributed by atoms with E-state index in [1.807, 2.05) is 0 Å². The van der Waals surface area contributed by atoms with Crippen molar-refractivity contribution in [3.8, 4) is 11.5 Å². The molecule has 0 saturated heterocycles. The van der Waals surface area contributed by atoms with Crippen LogP contribution in [0.15, 0.2) is 33.8 Å². The lowest BCUT2D eigenvalue weighted by Gasteiger charge is -2.14. The van der Waals surface area contributed by atoms with E-state index in [1.54, 1.807) is 31.4 Å². The highest BCUT2D eigenvalue weighted by atomic mass is 127. The number of methoxy groups -OCH3 is 1. The molecular weight excluding hydrogens is 509 g/mol. The zero-order valence-corrected chi connectivity index (χ0v) is 20.1. The van der Waals surface area contributed by atoms with Crippen molar-refractivity contribution in [2.24, 2.45) is 4.99 Å². The number of hydrogen-bond acceptors (Lipinski definition) is 5. The van der Waals surface area contributed by atoms with Gasteiger partial charge in [-0.3, -0.25) is 4.99 Å². The summed E-state index contributed by atoms with van der Waals surface area (Å²) in [6.45, 7) is 4.20. The van der Waals surface area contributed by atoms with Gasteiger partial charge in [-0.15, -0.1) is 24.0 Å². The number of aliphatic imine (C=N–C) groups is 1. The average molecular weight is 538 g/mol. The summed E-state index contributed by atoms with van der Waals surface area (Å²) in [6, 6.07) is 4.95. The highest BCUT2D eigenvalue weighted by molar-refractivity contribution is 14.0. The summed E-state index contributed by atoms with van der Waals surface area (Å²) in [5, 5.41) is 6.29. The Morgan fingerprint density at radius 3 is 2.53 bits per heavy atom. The number of nitrogens with one attached hydrogen (secondary N) is 2. The lowest BCUT2D eigenvalue weighted by molar-refractivity contribution is -0.0512. The van der Waals surface area contributed by atoms with Gasteiger partial charge in [0.2, 0.25) is 5.89 Å². The maximum Gasteiger partial charge on any atom is 0.387 e. The minimum absolute atomic E-state index is 0. The van der Waals surface area contributed by atoms with E-state index in [-0.39, 0.29) is 40.9 Å². The number of halogens is 3. The molecule has 2 N–H and O–H groups in total. The second-order valence-electron chi connectivity index (χ2n) is 7.33. The number of oxazole rings is 1. The standard InChI is InChI=1S/C20H28F2N4O3.HI/c1-20(2,3)16-11-25-17(29-16)12-26-19(23-4)24-9-8-13-6-7-14(27-5)15(10-13)28-18(21)22;/h6-7,10-11,18H,8-9,12H2,1-5H3,(H2,23,24,26);1H. The second-order valence-corrected chi connectivity index (χ2v) is 7.33. The monoisotopic (exact) mass is 538 g/mol. The van der Waals surface area contributed by atoms with Crippen LogP contribution in [0.1, 0.15) is 38.0 Å². The Labute approximate surface area is 192 Å². The van der Waals surface area contributed by atoms with E-state index < -0.39 is 6.61 Å². The highest BCUT2D eigenvalue weighted by Crippen LogP contribution is 2.29. The second kappa shape index (κ2) is 11.9. The van der Waals surface area contributed by atoms with Crippen LogP contribution in [0, 0.1) is 0 Å². The van der Waals surface area contributed by atoms with Gasteiger partial charge in [0.05, 0.1) is 19.9 Å². The van der Waals surface area contributed by atoms with Crippen LogP contribution < -0.4 is 20.1 Å². The smallest absolute Gasteiger partial charge is 0.387 e. The first kappa shape index (κ1) is 25.9. The first-order valence-corrected chi connectivity index (χ1v) is 9.24. The molecule has 1 aromatic heterocycles. The van der Waals surface area contributed by atoms with Gasteiger partial charge < -0.3 is 24.5 Å². The Hall–Kier alpha value is -2.11. The molecule has 7 nitrogen and oxygen atoms in total. The molecule has 0 aliphatic heterocycles. The summed E-state index contributed by atoms with van der Waals surface area (Å²) in [4.78, 5) is 8.42. The van der Waals surface area contributed by atoms with Gasteiger partial charge in [-0.25, -0.2) is 4.98 Å². The van der Waals surface area contributed by atoms with Gasteiger partial charge in [0.1, 0.15) is 5.76 Å². The molecule has 0 bridgehead atoms. The van der Waals surface area contributed by atoms with Crippen LogP contribution in [-0.4, -0.2) is 38.3 Å². The molecule has 1 aromatic carbocycles. The molecule has 2 aromatic rings. The van der Waals surface area contributed by atoms with Crippen LogP contribution >= 0.6 is 24.0 Å². The molecule has 0 atom stereocenters. The Balaban J connectivity index is 0.00000450. The van der Waals surface area contributed by atoms with E-state index in [0.29, 0.717) is 31.4 Å². The molecule has 0 fully saturated rings. The fraction of sp³-hybridized carbons (Fsp3) is 0.500. The summed E-state index contributed by atoms with van der Waals surface area (Å²) >= 11 is 0. The third-order valence-electron chi connectivity index (χ3n) is 4.07. The molecule has 168 valence electrons. The Kier molecular flexibility index (Phi) is 10.3. The van der Waals surface area contributed by atoms with Gasteiger partial charge in [0.25, 0.3) is 0 Å². The number of alkyl halides is 2. The number of ether oxygens (including phenoxy) is 2. The van der Waals surface area contributed by atoms with E-state index in [2.05, 4.69) is 46.1 Å². The molecule has 30 heavy (non-hydrogen) atoms. The van der Waals surface area contributed by atoms with Crippen LogP contribution in [0.5, 0.6) is 11.5 Å². The van der Waals surface area contributed by atoms with Crippen LogP contribution in [-0.2, 0) is 18.4 Å². The van der Waals surface area contributed by atoms with Gasteiger partial charge in [0.15, 0.2) is 17.5 Å². The Morgan fingerprint density at radius 2 is 1.97 bits per heavy atom. The van der Waals surface area contributed by atoms with Crippen molar-refractivity contribution in [3.63, 3.8) is 0 Å². The molecule has 0 spiro atoms. The van der Waals surface area contributed by atoms with Gasteiger partial charge in [-0.05, 0) is 24.1 Å². The largest absolute Gasteiger partial charge is 0.493 e. The molecule has 0 aliphatic carbocycles. The molecular formula is C20H29F2IN4O3. The molecule has 0 aliphatic rings. The van der Waals surface area contributed by atoms with E-state index in [0.717, 1.165) is 11.3 Å². The molecule has 0 radical (unpaired) electrons. The van der Waals surface area contributed by atoms with E-state index in [1.165, 1.54) is 7.11 Å². The zero-order chi connectivity index (χ0) is 21.4. The zero-order valence-electron chi connectivity index (χ0n) is 17.8. The van der Waals surface area contributed by atoms with Crippen LogP contribution in [0.4, 0.5) is 8.78 Å². The summed E-state index contributed by atoms with van der Waals surface area (Å²) in [7, 11) is 3.07. The van der Waals surface area contributed by atoms with Crippen LogP contribution in [0.25, 0.3) is 0 Å². The van der Waals surface area contributed by atoms with Crippen molar-refractivity contribution < 1.29 is 22.7 Å². The fourth-order valence-corrected chi connectivity index (χ4v) is 2.51. The lowest BCUT2D eigenvalue weighted by Crippen LogP contribution is -2.37. The van der Waals surface area contributed by atoms with Crippen molar-refractivity contribution in [2.75, 3.05) is 20.7 Å². The van der Waals surface area contributed by atoms with Crippen LogP contribution in [0.2, 0.25) is 0 Å². The molecule has 0 saturated carbocycles. The van der Waals surface area contributed by atoms with Gasteiger partial charge in [-0.2, -0.15) is 8.78 Å². The summed E-state index contributed by atoms with van der Waals surface area (Å²) in [5.41, 5.74) is 0.725. The maximum atomic E-state index is 12.5. The SMILES string of the molecule is CN=C(NCCc1ccc(OC)c(OC(F)F)c1)NCc1ncc(C(C)(C)C)o1.I. The van der Waals surface area contributed by atoms with Crippen molar-refractivity contribution in [1.29, 1.82) is 0 Å². The number of nitrogens with zero attached hydrogens (tertiary/aromatic N) is 2. The Bertz CT molecular complexity index is 823. The van der Waals surface area contributed by atoms with Crippen molar-refractivity contribution in [1.82, 2.24) is 15.6 Å². The summed E-state index contributed by atoms with van der Waals surface area (Å²) in [5.74, 6) is 2.25. The first-order valence-electron chi connectivity index (χ1n) is 9.24. The van der Waals surface area contributed by atoms with E-state index in [4.69, 9.17) is 9.15 Å². The lowest BCUT2D eigenvalue weighted by atomic mass is 9.94. The first-order chi connectivity index (χ1) is 13.7. The normalized spacial score (nSPS) is 11.8. The summed E-state index contributed by atoms with van der Waals surface area (Å²) in [6.07, 6.45) is 2.31. The van der Waals surface area contributed by atoms with Crippen molar-refractivity contribution >= 4 is 29.9 Å². The average Bonchev–Trinajstić information content (AvgIpc) is 3.14. The van der Waals surface area contributed by atoms with Crippen LogP contribution in [0.3, 0.4) is 0 Å². The Morgan fingerprint density at radius 1 is 1.23 bits per heavy atom. The number of hydrogen-bond donors (Lipinski definition) is 2. The molecule has 10 heteroatoms. The molecule has 2 rings (SSSR count). The maximum absolute atomic E-state index is 12.5. The highest BCUT2D eigenvalue weighted by Gasteiger charge is 2.19. The van der Waals surface area contributed by atoms with E-state index in [9.17, 15) is 8.78 Å². The minimum Gasteiger partial charge on any atom is -0.493 e. The van der Waals surface area contributed by atoms with Gasteiger partial charge in [-0.1, -0.05) is 26.8 Å². The van der Waals surface area contributed by atoms with Gasteiger partial charge in [0, 0.05) is 19.0 Å². The topological polar surface area (TPSA) is 80.9 Å². The molecule has 0 unspecified atom stereocenters. The predicted octanol–water partition coefficient (Wildman–Crippen LogP) is 4.11. The third-order valence-corrected chi connectivity index (χ3v) is 4.07. The quantitative estimate of drug-likeness (QED) is 0.299. The number of guanidine groups is 1. The molecule has 1 heterocycles. The van der Waals surface area contributed by atoms with Gasteiger partial charge >= 0.3 is 6.61 Å². The predicted molar refractivity (Wildman–Crippen MR) is 122 cm³/mol. The fourth-order valence-electron chi connectivity index (χ4n) is 2.51. The number of rotatable bonds is 8. The number of aromatic nitrogens is 1. The van der Waals surface area contributed by atoms with E-state index >= 15 is 0 Å². The number of benzene rings is 1. The molecule has 0 amide bonds. The summed E-state index contributed by atoms with van der Waals surface area (Å²) < 4.78 is 40.4. The third kappa shape index (κ3) is 7.96. The van der Waals surface area contributed by atoms with Crippen molar-refractivity contribution in [2.45, 2.75) is 45.8 Å².